The van der Waals surface area contributed by atoms with E-state index < -0.39 is 0 Å². The number of hydrogen-bond donors (Lipinski definition) is 2. The van der Waals surface area contributed by atoms with Gasteiger partial charge in [0.05, 0.1) is 19.6 Å². The van der Waals surface area contributed by atoms with Crippen LogP contribution in [0.1, 0.15) is 38.2 Å². The van der Waals surface area contributed by atoms with Crippen molar-refractivity contribution < 1.29 is 14.3 Å². The van der Waals surface area contributed by atoms with Crippen molar-refractivity contribution in [2.24, 2.45) is 10.9 Å². The molecule has 1 aromatic carbocycles. The highest BCUT2D eigenvalue weighted by Gasteiger charge is 2.27. The van der Waals surface area contributed by atoms with E-state index in [4.69, 9.17) is 9.47 Å². The molecule has 0 heterocycles. The van der Waals surface area contributed by atoms with Crippen molar-refractivity contribution in [3.05, 3.63) is 28.2 Å². The molecule has 0 unspecified atom stereocenters. The first-order chi connectivity index (χ1) is 12.6. The maximum Gasteiger partial charge on any atom is 0.308 e. The largest absolute Gasteiger partial charge is 0.496 e. The van der Waals surface area contributed by atoms with Gasteiger partial charge in [0, 0.05) is 29.7 Å². The Kier molecular flexibility index (Phi) is 8.22. The molecule has 1 fully saturated rings. The van der Waals surface area contributed by atoms with Gasteiger partial charge in [-0.3, -0.25) is 9.79 Å². The maximum atomic E-state index is 11.8. The number of aliphatic imine (C=N–C) groups is 1. The molecule has 0 aromatic heterocycles. The molecule has 0 radical (unpaired) electrons. The second kappa shape index (κ2) is 10.4. The van der Waals surface area contributed by atoms with E-state index in [0.29, 0.717) is 19.2 Å². The first-order valence-corrected chi connectivity index (χ1v) is 9.82. The lowest BCUT2D eigenvalue weighted by molar-refractivity contribution is -0.149. The summed E-state index contributed by atoms with van der Waals surface area (Å²) in [6.07, 6.45) is 3.58. The first-order valence-electron chi connectivity index (χ1n) is 9.03. The Balaban J connectivity index is 1.84. The van der Waals surface area contributed by atoms with Gasteiger partial charge in [0.1, 0.15) is 5.75 Å². The van der Waals surface area contributed by atoms with Gasteiger partial charge in [0.25, 0.3) is 0 Å². The molecule has 7 heteroatoms. The summed E-state index contributed by atoms with van der Waals surface area (Å²) >= 11 is 3.49. The summed E-state index contributed by atoms with van der Waals surface area (Å²) in [5.41, 5.74) is 1.05. The molecule has 1 aromatic rings. The number of methoxy groups -OCH3 is 1. The van der Waals surface area contributed by atoms with Gasteiger partial charge in [-0.05, 0) is 50.8 Å². The van der Waals surface area contributed by atoms with Gasteiger partial charge in [-0.2, -0.15) is 0 Å². The normalized spacial score (nSPS) is 20.4. The molecule has 6 nitrogen and oxygen atoms in total. The van der Waals surface area contributed by atoms with E-state index in [-0.39, 0.29) is 11.9 Å². The molecule has 0 saturated heterocycles. The molecule has 0 atom stereocenters. The fourth-order valence-electron chi connectivity index (χ4n) is 3.19. The summed E-state index contributed by atoms with van der Waals surface area (Å²) in [6.45, 7) is 2.91. The minimum absolute atomic E-state index is 0.0360. The zero-order chi connectivity index (χ0) is 18.9. The third-order valence-electron chi connectivity index (χ3n) is 4.60. The number of ether oxygens (including phenoxy) is 2. The molecular formula is C19H28BrN3O3. The van der Waals surface area contributed by atoms with Crippen LogP contribution < -0.4 is 15.4 Å². The lowest BCUT2D eigenvalue weighted by Gasteiger charge is -2.29. The zero-order valence-corrected chi connectivity index (χ0v) is 17.3. The van der Waals surface area contributed by atoms with Gasteiger partial charge in [-0.15, -0.1) is 0 Å². The molecule has 2 rings (SSSR count). The van der Waals surface area contributed by atoms with Crippen molar-refractivity contribution in [1.29, 1.82) is 0 Å². The third-order valence-corrected chi connectivity index (χ3v) is 5.09. The molecular weight excluding hydrogens is 398 g/mol. The number of esters is 1. The number of guanidine groups is 1. The van der Waals surface area contributed by atoms with Crippen LogP contribution in [0, 0.1) is 5.92 Å². The van der Waals surface area contributed by atoms with E-state index in [1.165, 1.54) is 0 Å². The highest BCUT2D eigenvalue weighted by atomic mass is 79.9. The van der Waals surface area contributed by atoms with Gasteiger partial charge < -0.3 is 20.1 Å². The second-order valence-electron chi connectivity index (χ2n) is 6.33. The number of carbonyl (C=O) groups excluding carboxylic acids is 1. The van der Waals surface area contributed by atoms with Crippen LogP contribution in [0.3, 0.4) is 0 Å². The molecule has 0 aliphatic heterocycles. The highest BCUT2D eigenvalue weighted by Crippen LogP contribution is 2.25. The van der Waals surface area contributed by atoms with Crippen LogP contribution in [0.15, 0.2) is 27.7 Å². The van der Waals surface area contributed by atoms with Crippen LogP contribution >= 0.6 is 15.9 Å². The Labute approximate surface area is 163 Å². The lowest BCUT2D eigenvalue weighted by Crippen LogP contribution is -2.45. The number of benzene rings is 1. The number of nitrogens with one attached hydrogen (secondary N) is 2. The van der Waals surface area contributed by atoms with Crippen LogP contribution in [-0.4, -0.2) is 38.7 Å². The molecule has 0 bridgehead atoms. The summed E-state index contributed by atoms with van der Waals surface area (Å²) in [7, 11) is 3.43. The summed E-state index contributed by atoms with van der Waals surface area (Å²) in [5.74, 6) is 1.57. The number of carbonyl (C=O) groups is 1. The van der Waals surface area contributed by atoms with E-state index >= 15 is 0 Å². The molecule has 0 spiro atoms. The van der Waals surface area contributed by atoms with Gasteiger partial charge in [0.2, 0.25) is 0 Å². The monoisotopic (exact) mass is 425 g/mol. The second-order valence-corrected chi connectivity index (χ2v) is 7.24. The fraction of sp³-hybridized carbons (Fsp3) is 0.579. The number of nitrogens with zero attached hydrogens (tertiary/aromatic N) is 1. The summed E-state index contributed by atoms with van der Waals surface area (Å²) in [4.78, 5) is 16.1. The van der Waals surface area contributed by atoms with E-state index in [9.17, 15) is 4.79 Å². The van der Waals surface area contributed by atoms with Crippen molar-refractivity contribution in [1.82, 2.24) is 10.6 Å². The quantitative estimate of drug-likeness (QED) is 0.415. The SMILES string of the molecule is CCOC(=O)C1CCC(NC(=NC)NCc2cc(Br)ccc2OC)CC1. The third kappa shape index (κ3) is 5.90. The number of hydrogen-bond acceptors (Lipinski definition) is 4. The van der Waals surface area contributed by atoms with Crippen molar-refractivity contribution in [3.8, 4) is 5.75 Å². The Morgan fingerprint density at radius 2 is 2.04 bits per heavy atom. The lowest BCUT2D eigenvalue weighted by atomic mass is 9.86. The molecule has 144 valence electrons. The van der Waals surface area contributed by atoms with Crippen molar-refractivity contribution in [3.63, 3.8) is 0 Å². The minimum atomic E-state index is -0.0600. The van der Waals surface area contributed by atoms with Gasteiger partial charge in [0.15, 0.2) is 5.96 Å². The zero-order valence-electron chi connectivity index (χ0n) is 15.7. The number of halogens is 1. The van der Waals surface area contributed by atoms with Crippen molar-refractivity contribution in [2.75, 3.05) is 20.8 Å². The van der Waals surface area contributed by atoms with Crippen molar-refractivity contribution >= 4 is 27.9 Å². The Morgan fingerprint density at radius 1 is 1.31 bits per heavy atom. The minimum Gasteiger partial charge on any atom is -0.496 e. The average molecular weight is 426 g/mol. The van der Waals surface area contributed by atoms with E-state index in [0.717, 1.165) is 47.4 Å². The Bertz CT molecular complexity index is 628. The molecule has 1 saturated carbocycles. The molecule has 0 amide bonds. The maximum absolute atomic E-state index is 11.8. The standard InChI is InChI=1S/C19H28BrN3O3/c1-4-26-18(24)13-5-8-16(9-6-13)23-19(21-2)22-12-14-11-15(20)7-10-17(14)25-3/h7,10-11,13,16H,4-6,8-9,12H2,1-3H3,(H2,21,22,23). The summed E-state index contributed by atoms with van der Waals surface area (Å²) in [5, 5.41) is 6.79. The molecule has 26 heavy (non-hydrogen) atoms. The first kappa shape index (κ1) is 20.6. The topological polar surface area (TPSA) is 72.0 Å². The van der Waals surface area contributed by atoms with E-state index in [2.05, 4.69) is 31.6 Å². The predicted molar refractivity (Wildman–Crippen MR) is 106 cm³/mol. The molecule has 1 aliphatic rings. The van der Waals surface area contributed by atoms with Crippen LogP contribution in [0.2, 0.25) is 0 Å². The fourth-order valence-corrected chi connectivity index (χ4v) is 3.59. The van der Waals surface area contributed by atoms with Crippen LogP contribution in [-0.2, 0) is 16.1 Å². The molecule has 2 N–H and O–H groups in total. The molecule has 1 aliphatic carbocycles. The van der Waals surface area contributed by atoms with Gasteiger partial charge in [-0.25, -0.2) is 0 Å². The highest BCUT2D eigenvalue weighted by molar-refractivity contribution is 9.10. The van der Waals surface area contributed by atoms with Crippen molar-refractivity contribution in [2.45, 2.75) is 45.2 Å². The summed E-state index contributed by atoms with van der Waals surface area (Å²) < 4.78 is 11.5. The van der Waals surface area contributed by atoms with Crippen LogP contribution in [0.25, 0.3) is 0 Å². The predicted octanol–water partition coefficient (Wildman–Crippen LogP) is 3.24. The Morgan fingerprint density at radius 3 is 2.65 bits per heavy atom. The van der Waals surface area contributed by atoms with Crippen LogP contribution in [0.5, 0.6) is 5.75 Å². The van der Waals surface area contributed by atoms with Crippen LogP contribution in [0.4, 0.5) is 0 Å². The average Bonchev–Trinajstić information content (AvgIpc) is 2.66. The van der Waals surface area contributed by atoms with E-state index in [1.54, 1.807) is 14.2 Å². The number of rotatable bonds is 6. The van der Waals surface area contributed by atoms with E-state index in [1.807, 2.05) is 25.1 Å². The smallest absolute Gasteiger partial charge is 0.308 e. The van der Waals surface area contributed by atoms with Gasteiger partial charge >= 0.3 is 5.97 Å². The summed E-state index contributed by atoms with van der Waals surface area (Å²) in [6, 6.07) is 6.24. The van der Waals surface area contributed by atoms with Gasteiger partial charge in [-0.1, -0.05) is 15.9 Å². The Hall–Kier alpha value is -1.76.